The van der Waals surface area contributed by atoms with Crippen LogP contribution in [0.5, 0.6) is 0 Å². The number of pyridine rings is 1. The summed E-state index contributed by atoms with van der Waals surface area (Å²) >= 11 is 1.56. The zero-order valence-electron chi connectivity index (χ0n) is 8.77. The first-order valence-corrected chi connectivity index (χ1v) is 5.70. The fourth-order valence-corrected chi connectivity index (χ4v) is 1.91. The number of hydrazine groups is 1. The van der Waals surface area contributed by atoms with Crippen molar-refractivity contribution in [2.45, 2.75) is 17.8 Å². The second-order valence-electron chi connectivity index (χ2n) is 3.19. The molecule has 0 radical (unpaired) electrons. The van der Waals surface area contributed by atoms with Crippen LogP contribution in [0.2, 0.25) is 0 Å². The van der Waals surface area contributed by atoms with E-state index in [0.717, 1.165) is 22.3 Å². The molecule has 4 N–H and O–H groups in total. The molecule has 0 atom stereocenters. The van der Waals surface area contributed by atoms with Crippen LogP contribution in [0.25, 0.3) is 0 Å². The van der Waals surface area contributed by atoms with E-state index in [0.29, 0.717) is 5.82 Å². The van der Waals surface area contributed by atoms with Gasteiger partial charge in [0.25, 0.3) is 0 Å². The molecule has 0 aliphatic carbocycles. The zero-order chi connectivity index (χ0) is 11.4. The lowest BCUT2D eigenvalue weighted by atomic mass is 10.3. The fourth-order valence-electron chi connectivity index (χ4n) is 1.13. The molecule has 0 fully saturated rings. The molecule has 0 amide bonds. The molecule has 0 spiro atoms. The molecule has 0 saturated carbocycles. The van der Waals surface area contributed by atoms with E-state index < -0.39 is 0 Å². The van der Waals surface area contributed by atoms with Crippen molar-refractivity contribution in [3.8, 4) is 0 Å². The van der Waals surface area contributed by atoms with E-state index in [1.165, 1.54) is 0 Å². The van der Waals surface area contributed by atoms with E-state index in [9.17, 15) is 0 Å². The van der Waals surface area contributed by atoms with Crippen LogP contribution >= 0.6 is 11.8 Å². The lowest BCUT2D eigenvalue weighted by molar-refractivity contribution is 0.969. The van der Waals surface area contributed by atoms with Crippen LogP contribution in [-0.2, 0) is 5.75 Å². The average Bonchev–Trinajstić information content (AvgIpc) is 2.73. The number of nitrogen functional groups attached to an aromatic ring is 1. The van der Waals surface area contributed by atoms with Crippen LogP contribution in [0.3, 0.4) is 0 Å². The van der Waals surface area contributed by atoms with Crippen LogP contribution in [0, 0.1) is 6.92 Å². The Morgan fingerprint density at radius 1 is 1.50 bits per heavy atom. The van der Waals surface area contributed by atoms with Crippen molar-refractivity contribution < 1.29 is 0 Å². The Morgan fingerprint density at radius 2 is 2.38 bits per heavy atom. The number of hydrogen-bond donors (Lipinski definition) is 3. The average molecular weight is 236 g/mol. The largest absolute Gasteiger partial charge is 0.308 e. The van der Waals surface area contributed by atoms with Crippen molar-refractivity contribution in [1.29, 1.82) is 0 Å². The lowest BCUT2D eigenvalue weighted by Crippen LogP contribution is -2.08. The molecule has 6 nitrogen and oxygen atoms in total. The van der Waals surface area contributed by atoms with E-state index in [1.807, 2.05) is 19.1 Å². The van der Waals surface area contributed by atoms with Gasteiger partial charge in [-0.1, -0.05) is 17.8 Å². The summed E-state index contributed by atoms with van der Waals surface area (Å²) in [6.45, 7) is 1.88. The normalized spacial score (nSPS) is 10.4. The van der Waals surface area contributed by atoms with Gasteiger partial charge in [-0.25, -0.2) is 15.8 Å². The van der Waals surface area contributed by atoms with Gasteiger partial charge in [0.2, 0.25) is 5.16 Å². The minimum atomic E-state index is 0.655. The molecule has 2 aromatic rings. The molecule has 2 rings (SSSR count). The van der Waals surface area contributed by atoms with Gasteiger partial charge in [-0.05, 0) is 18.6 Å². The number of aryl methyl sites for hydroxylation is 1. The molecular weight excluding hydrogens is 224 g/mol. The van der Waals surface area contributed by atoms with Crippen molar-refractivity contribution in [3.63, 3.8) is 0 Å². The zero-order valence-corrected chi connectivity index (χ0v) is 9.58. The van der Waals surface area contributed by atoms with Gasteiger partial charge < -0.3 is 5.43 Å². The second-order valence-corrected chi connectivity index (χ2v) is 4.13. The van der Waals surface area contributed by atoms with Gasteiger partial charge in [0, 0.05) is 11.9 Å². The van der Waals surface area contributed by atoms with Crippen molar-refractivity contribution >= 4 is 17.6 Å². The van der Waals surface area contributed by atoms with Crippen LogP contribution in [0.1, 0.15) is 11.4 Å². The SMILES string of the molecule is Cc1nc(SCc2ccc(NN)nc2)n[nH]1. The first-order chi connectivity index (χ1) is 7.78. The Labute approximate surface area is 97.0 Å². The Kier molecular flexibility index (Phi) is 3.37. The standard InChI is InChI=1S/C9H12N6S/c1-6-12-9(15-14-6)16-5-7-2-3-8(13-10)11-4-7/h2-4H,5,10H2,1H3,(H,11,13)(H,12,14,15). The minimum Gasteiger partial charge on any atom is -0.308 e. The molecule has 2 aromatic heterocycles. The van der Waals surface area contributed by atoms with E-state index in [4.69, 9.17) is 5.84 Å². The number of nitrogens with zero attached hydrogens (tertiary/aromatic N) is 3. The predicted octanol–water partition coefficient (Wildman–Crippen LogP) is 1.09. The number of thioether (sulfide) groups is 1. The van der Waals surface area contributed by atoms with Crippen molar-refractivity contribution in [3.05, 3.63) is 29.7 Å². The van der Waals surface area contributed by atoms with E-state index >= 15 is 0 Å². The third-order valence-corrected chi connectivity index (χ3v) is 2.84. The topological polar surface area (TPSA) is 92.5 Å². The summed E-state index contributed by atoms with van der Waals surface area (Å²) in [6.07, 6.45) is 1.78. The first-order valence-electron chi connectivity index (χ1n) is 4.71. The summed E-state index contributed by atoms with van der Waals surface area (Å²) in [7, 11) is 0. The monoisotopic (exact) mass is 236 g/mol. The summed E-state index contributed by atoms with van der Waals surface area (Å²) in [5.41, 5.74) is 3.59. The highest BCUT2D eigenvalue weighted by atomic mass is 32.2. The fraction of sp³-hybridized carbons (Fsp3) is 0.222. The highest BCUT2D eigenvalue weighted by molar-refractivity contribution is 7.98. The molecule has 16 heavy (non-hydrogen) atoms. The summed E-state index contributed by atoms with van der Waals surface area (Å²) < 4.78 is 0. The quantitative estimate of drug-likeness (QED) is 0.418. The van der Waals surface area contributed by atoms with Crippen LogP contribution in [-0.4, -0.2) is 20.2 Å². The summed E-state index contributed by atoms with van der Waals surface area (Å²) in [5, 5.41) is 7.59. The Morgan fingerprint density at radius 3 is 2.94 bits per heavy atom. The molecular formula is C9H12N6S. The van der Waals surface area contributed by atoms with Crippen molar-refractivity contribution in [2.75, 3.05) is 5.43 Å². The number of nitrogens with one attached hydrogen (secondary N) is 2. The van der Waals surface area contributed by atoms with Gasteiger partial charge in [-0.15, -0.1) is 5.10 Å². The van der Waals surface area contributed by atoms with Gasteiger partial charge in [-0.2, -0.15) is 0 Å². The molecule has 0 aliphatic rings. The van der Waals surface area contributed by atoms with Crippen LogP contribution in [0.15, 0.2) is 23.5 Å². The third kappa shape index (κ3) is 2.71. The van der Waals surface area contributed by atoms with Crippen molar-refractivity contribution in [1.82, 2.24) is 20.2 Å². The maximum absolute atomic E-state index is 5.23. The van der Waals surface area contributed by atoms with Gasteiger partial charge >= 0.3 is 0 Å². The van der Waals surface area contributed by atoms with Gasteiger partial charge in [-0.3, -0.25) is 5.10 Å². The number of aromatic nitrogens is 4. The molecule has 0 bridgehead atoms. The van der Waals surface area contributed by atoms with E-state index in [1.54, 1.807) is 18.0 Å². The van der Waals surface area contributed by atoms with Crippen LogP contribution < -0.4 is 11.3 Å². The van der Waals surface area contributed by atoms with Gasteiger partial charge in [0.15, 0.2) is 0 Å². The number of anilines is 1. The first kappa shape index (κ1) is 10.9. The molecule has 84 valence electrons. The molecule has 0 aliphatic heterocycles. The summed E-state index contributed by atoms with van der Waals surface area (Å²) in [6, 6.07) is 3.80. The number of rotatable bonds is 4. The number of nitrogens with two attached hydrogens (primary N) is 1. The highest BCUT2D eigenvalue weighted by Gasteiger charge is 2.01. The van der Waals surface area contributed by atoms with Gasteiger partial charge in [0.1, 0.15) is 11.6 Å². The maximum atomic E-state index is 5.23. The Hall–Kier alpha value is -1.60. The molecule has 7 heteroatoms. The molecule has 2 heterocycles. The van der Waals surface area contributed by atoms with E-state index in [2.05, 4.69) is 25.6 Å². The minimum absolute atomic E-state index is 0.655. The molecule has 0 saturated heterocycles. The highest BCUT2D eigenvalue weighted by Crippen LogP contribution is 2.18. The maximum Gasteiger partial charge on any atom is 0.208 e. The number of aromatic amines is 1. The van der Waals surface area contributed by atoms with Crippen molar-refractivity contribution in [2.24, 2.45) is 5.84 Å². The number of hydrogen-bond acceptors (Lipinski definition) is 6. The number of H-pyrrole nitrogens is 1. The van der Waals surface area contributed by atoms with Gasteiger partial charge in [0.05, 0.1) is 0 Å². The predicted molar refractivity (Wildman–Crippen MR) is 62.7 cm³/mol. The third-order valence-electron chi connectivity index (χ3n) is 1.92. The summed E-state index contributed by atoms with van der Waals surface area (Å²) in [5.74, 6) is 7.49. The molecule has 0 aromatic carbocycles. The molecule has 0 unspecified atom stereocenters. The van der Waals surface area contributed by atoms with E-state index in [-0.39, 0.29) is 0 Å². The second kappa shape index (κ2) is 4.95. The lowest BCUT2D eigenvalue weighted by Gasteiger charge is -2.00. The Bertz CT molecular complexity index is 451. The van der Waals surface area contributed by atoms with Crippen LogP contribution in [0.4, 0.5) is 5.82 Å². The summed E-state index contributed by atoms with van der Waals surface area (Å²) in [4.78, 5) is 8.32. The Balaban J connectivity index is 1.94. The smallest absolute Gasteiger partial charge is 0.208 e.